The Morgan fingerprint density at radius 3 is 2.38 bits per heavy atom. The molecule has 1 unspecified atom stereocenters. The largest absolute Gasteiger partial charge is 0.494 e. The van der Waals surface area contributed by atoms with Gasteiger partial charge in [-0.25, -0.2) is 8.78 Å². The van der Waals surface area contributed by atoms with Crippen molar-refractivity contribution in [3.05, 3.63) is 100 Å². The Labute approximate surface area is 184 Å². The van der Waals surface area contributed by atoms with Crippen molar-refractivity contribution in [3.8, 4) is 5.75 Å². The van der Waals surface area contributed by atoms with Gasteiger partial charge in [-0.3, -0.25) is 4.79 Å². The number of nitrogens with zero attached hydrogens (tertiary/aromatic N) is 2. The van der Waals surface area contributed by atoms with Crippen molar-refractivity contribution in [2.24, 2.45) is 5.10 Å². The summed E-state index contributed by atoms with van der Waals surface area (Å²) in [6, 6.07) is 15.4. The van der Waals surface area contributed by atoms with Gasteiger partial charge >= 0.3 is 0 Å². The van der Waals surface area contributed by atoms with Crippen molar-refractivity contribution < 1.29 is 23.4 Å². The number of carbonyl (C=O) groups excluding carboxylic acids is 1. The predicted octanol–water partition coefficient (Wildman–Crippen LogP) is 4.69. The van der Waals surface area contributed by atoms with Crippen molar-refractivity contribution in [1.29, 1.82) is 0 Å². The van der Waals surface area contributed by atoms with Gasteiger partial charge in [-0.1, -0.05) is 42.0 Å². The first-order valence-electron chi connectivity index (χ1n) is 10.0. The van der Waals surface area contributed by atoms with Crippen LogP contribution in [0.25, 0.3) is 0 Å². The molecule has 1 atom stereocenters. The van der Waals surface area contributed by atoms with Crippen LogP contribution in [0.2, 0.25) is 0 Å². The van der Waals surface area contributed by atoms with Gasteiger partial charge in [0.25, 0.3) is 5.91 Å². The fourth-order valence-corrected chi connectivity index (χ4v) is 3.66. The van der Waals surface area contributed by atoms with E-state index in [1.807, 2.05) is 19.1 Å². The van der Waals surface area contributed by atoms with E-state index in [1.165, 1.54) is 25.3 Å². The molecular formula is C25H22F2N2O3. The monoisotopic (exact) mass is 436 g/mol. The van der Waals surface area contributed by atoms with E-state index in [0.29, 0.717) is 22.4 Å². The maximum Gasteiger partial charge on any atom is 0.277 e. The zero-order valence-electron chi connectivity index (χ0n) is 17.9. The number of aliphatic hydroxyl groups is 1. The maximum atomic E-state index is 14.2. The summed E-state index contributed by atoms with van der Waals surface area (Å²) < 4.78 is 33.3. The van der Waals surface area contributed by atoms with Crippen molar-refractivity contribution in [2.75, 3.05) is 7.11 Å². The highest BCUT2D eigenvalue weighted by Gasteiger charge is 2.46. The van der Waals surface area contributed by atoms with Gasteiger partial charge in [-0.2, -0.15) is 10.1 Å². The molecule has 0 aromatic heterocycles. The van der Waals surface area contributed by atoms with E-state index in [2.05, 4.69) is 5.10 Å². The SMILES string of the molecule is COc1ccc(C(=O)N2N=C(c3ccc(C)c(F)c3)CC2(O)c2ccc(C)cc2)cc1F. The second-order valence-corrected chi connectivity index (χ2v) is 7.84. The normalized spacial score (nSPS) is 17.9. The molecule has 0 spiro atoms. The Bertz CT molecular complexity index is 1220. The number of hydrogen-bond acceptors (Lipinski definition) is 4. The molecule has 164 valence electrons. The van der Waals surface area contributed by atoms with Gasteiger partial charge < -0.3 is 9.84 Å². The third-order valence-corrected chi connectivity index (χ3v) is 5.60. The van der Waals surface area contributed by atoms with Gasteiger partial charge in [0, 0.05) is 23.1 Å². The number of hydrogen-bond donors (Lipinski definition) is 1. The maximum absolute atomic E-state index is 14.2. The van der Waals surface area contributed by atoms with E-state index in [9.17, 15) is 18.7 Å². The molecule has 3 aromatic rings. The fraction of sp³-hybridized carbons (Fsp3) is 0.200. The number of aryl methyl sites for hydroxylation is 2. The molecule has 0 radical (unpaired) electrons. The minimum absolute atomic E-state index is 0.00362. The number of ether oxygens (including phenoxy) is 1. The lowest BCUT2D eigenvalue weighted by Crippen LogP contribution is -2.43. The molecule has 32 heavy (non-hydrogen) atoms. The van der Waals surface area contributed by atoms with Gasteiger partial charge in [0.05, 0.1) is 12.8 Å². The van der Waals surface area contributed by atoms with Crippen LogP contribution in [0.15, 0.2) is 65.8 Å². The Morgan fingerprint density at radius 1 is 1.03 bits per heavy atom. The number of benzene rings is 3. The number of rotatable bonds is 4. The minimum atomic E-state index is -1.82. The third-order valence-electron chi connectivity index (χ3n) is 5.60. The van der Waals surface area contributed by atoms with Crippen LogP contribution < -0.4 is 4.74 Å². The van der Waals surface area contributed by atoms with Crippen LogP contribution in [0.5, 0.6) is 5.75 Å². The van der Waals surface area contributed by atoms with E-state index in [1.54, 1.807) is 31.2 Å². The van der Waals surface area contributed by atoms with E-state index < -0.39 is 23.3 Å². The standard InChI is InChI=1S/C25H22F2N2O3/c1-15-4-9-19(10-5-15)25(31)14-22(17-7-6-16(2)20(26)12-17)28-29(25)24(30)18-8-11-23(32-3)21(27)13-18/h4-13,31H,14H2,1-3H3. The quantitative estimate of drug-likeness (QED) is 0.646. The molecule has 5 nitrogen and oxygen atoms in total. The molecule has 0 fully saturated rings. The minimum Gasteiger partial charge on any atom is -0.494 e. The summed E-state index contributed by atoms with van der Waals surface area (Å²) in [5, 5.41) is 16.9. The number of hydrazone groups is 1. The number of halogens is 2. The zero-order chi connectivity index (χ0) is 23.0. The molecular weight excluding hydrogens is 414 g/mol. The molecule has 1 aliphatic heterocycles. The van der Waals surface area contributed by atoms with Crippen LogP contribution in [0, 0.1) is 25.5 Å². The lowest BCUT2D eigenvalue weighted by atomic mass is 9.93. The summed E-state index contributed by atoms with van der Waals surface area (Å²) in [6.07, 6.45) is -0.0526. The highest BCUT2D eigenvalue weighted by atomic mass is 19.1. The van der Waals surface area contributed by atoms with Crippen LogP contribution in [-0.4, -0.2) is 28.8 Å². The second-order valence-electron chi connectivity index (χ2n) is 7.84. The van der Waals surface area contributed by atoms with Crippen LogP contribution >= 0.6 is 0 Å². The van der Waals surface area contributed by atoms with E-state index in [4.69, 9.17) is 4.74 Å². The average molecular weight is 436 g/mol. The van der Waals surface area contributed by atoms with Crippen LogP contribution in [0.1, 0.15) is 39.0 Å². The number of methoxy groups -OCH3 is 1. The van der Waals surface area contributed by atoms with Crippen molar-refractivity contribution in [2.45, 2.75) is 26.0 Å². The van der Waals surface area contributed by atoms with Gasteiger partial charge in [-0.05, 0) is 43.7 Å². The van der Waals surface area contributed by atoms with E-state index in [0.717, 1.165) is 16.6 Å². The molecule has 0 saturated heterocycles. The first-order chi connectivity index (χ1) is 15.2. The molecule has 1 N–H and O–H groups in total. The molecule has 0 aliphatic carbocycles. The summed E-state index contributed by atoms with van der Waals surface area (Å²) in [5.74, 6) is -1.82. The Hall–Kier alpha value is -3.58. The Balaban J connectivity index is 1.80. The second kappa shape index (κ2) is 8.16. The van der Waals surface area contributed by atoms with Crippen molar-refractivity contribution in [3.63, 3.8) is 0 Å². The van der Waals surface area contributed by atoms with Gasteiger partial charge in [-0.15, -0.1) is 0 Å². The lowest BCUT2D eigenvalue weighted by Gasteiger charge is -2.31. The molecule has 1 amide bonds. The number of amides is 1. The van der Waals surface area contributed by atoms with Crippen LogP contribution in [0.3, 0.4) is 0 Å². The lowest BCUT2D eigenvalue weighted by molar-refractivity contribution is -0.0765. The topological polar surface area (TPSA) is 62.1 Å². The smallest absolute Gasteiger partial charge is 0.277 e. The first kappa shape index (κ1) is 21.6. The summed E-state index contributed by atoms with van der Waals surface area (Å²) in [4.78, 5) is 13.3. The van der Waals surface area contributed by atoms with E-state index >= 15 is 0 Å². The number of carbonyl (C=O) groups is 1. The van der Waals surface area contributed by atoms with Gasteiger partial charge in [0.15, 0.2) is 17.3 Å². The molecule has 4 rings (SSSR count). The van der Waals surface area contributed by atoms with Crippen LogP contribution in [-0.2, 0) is 5.72 Å². The average Bonchev–Trinajstić information content (AvgIpc) is 3.14. The molecule has 1 heterocycles. The fourth-order valence-electron chi connectivity index (χ4n) is 3.66. The van der Waals surface area contributed by atoms with Crippen LogP contribution in [0.4, 0.5) is 8.78 Å². The molecule has 0 bridgehead atoms. The van der Waals surface area contributed by atoms with Crippen molar-refractivity contribution >= 4 is 11.6 Å². The third kappa shape index (κ3) is 3.76. The summed E-state index contributed by atoms with van der Waals surface area (Å²) >= 11 is 0. The van der Waals surface area contributed by atoms with E-state index in [-0.39, 0.29) is 17.7 Å². The predicted molar refractivity (Wildman–Crippen MR) is 116 cm³/mol. The Kier molecular flexibility index (Phi) is 5.52. The Morgan fingerprint density at radius 2 is 1.75 bits per heavy atom. The molecule has 0 saturated carbocycles. The van der Waals surface area contributed by atoms with Gasteiger partial charge in [0.1, 0.15) is 5.82 Å². The van der Waals surface area contributed by atoms with Crippen molar-refractivity contribution in [1.82, 2.24) is 5.01 Å². The molecule has 1 aliphatic rings. The zero-order valence-corrected chi connectivity index (χ0v) is 17.9. The highest BCUT2D eigenvalue weighted by Crippen LogP contribution is 2.38. The molecule has 3 aromatic carbocycles. The molecule has 7 heteroatoms. The first-order valence-corrected chi connectivity index (χ1v) is 10.0. The summed E-state index contributed by atoms with van der Waals surface area (Å²) in [7, 11) is 1.33. The summed E-state index contributed by atoms with van der Waals surface area (Å²) in [6.45, 7) is 3.55. The highest BCUT2D eigenvalue weighted by molar-refractivity contribution is 6.05. The summed E-state index contributed by atoms with van der Waals surface area (Å²) in [5.41, 5.74) is 0.863. The van der Waals surface area contributed by atoms with Gasteiger partial charge in [0.2, 0.25) is 0 Å².